The minimum Gasteiger partial charge on any atom is -0.469 e. The molecule has 144 valence electrons. The van der Waals surface area contributed by atoms with Crippen LogP contribution in [0.5, 0.6) is 0 Å². The third-order valence-electron chi connectivity index (χ3n) is 4.43. The van der Waals surface area contributed by atoms with Crippen molar-refractivity contribution in [2.45, 2.75) is 25.5 Å². The van der Waals surface area contributed by atoms with Crippen molar-refractivity contribution < 1.29 is 23.9 Å². The molecule has 6 nitrogen and oxygen atoms in total. The molecule has 0 bridgehead atoms. The quantitative estimate of drug-likeness (QED) is 0.565. The molecule has 0 saturated carbocycles. The first-order valence-corrected chi connectivity index (χ1v) is 8.94. The number of hydrogen-bond donors (Lipinski definition) is 0. The van der Waals surface area contributed by atoms with E-state index in [9.17, 15) is 14.4 Å². The predicted molar refractivity (Wildman–Crippen MR) is 105 cm³/mol. The molecule has 0 saturated heterocycles. The molecule has 2 aromatic carbocycles. The summed E-state index contributed by atoms with van der Waals surface area (Å²) in [5.74, 6) is -0.898. The zero-order valence-corrected chi connectivity index (χ0v) is 15.5. The summed E-state index contributed by atoms with van der Waals surface area (Å²) in [5.41, 5.74) is 2.39. The van der Waals surface area contributed by atoms with Gasteiger partial charge in [0.25, 0.3) is 0 Å². The van der Waals surface area contributed by atoms with Crippen LogP contribution in [-0.4, -0.2) is 31.0 Å². The Balaban J connectivity index is 1.77. The van der Waals surface area contributed by atoms with Gasteiger partial charge in [0.2, 0.25) is 0 Å². The SMILES string of the molecule is COC(=O)CC(=O)CC1C=Cc2ccccc2N1C(=O)OCc1ccccc1. The molecule has 3 rings (SSSR count). The summed E-state index contributed by atoms with van der Waals surface area (Å²) in [6.45, 7) is 0.130. The van der Waals surface area contributed by atoms with Gasteiger partial charge in [0.05, 0.1) is 18.8 Å². The average molecular weight is 379 g/mol. The van der Waals surface area contributed by atoms with Crippen molar-refractivity contribution >= 4 is 29.6 Å². The van der Waals surface area contributed by atoms with E-state index < -0.39 is 18.1 Å². The molecule has 1 amide bonds. The molecule has 0 spiro atoms. The van der Waals surface area contributed by atoms with Crippen molar-refractivity contribution in [1.29, 1.82) is 0 Å². The molecule has 0 aliphatic carbocycles. The molecule has 1 unspecified atom stereocenters. The summed E-state index contributed by atoms with van der Waals surface area (Å²) in [5, 5.41) is 0. The summed E-state index contributed by atoms with van der Waals surface area (Å²) in [4.78, 5) is 37.9. The fourth-order valence-electron chi connectivity index (χ4n) is 3.05. The van der Waals surface area contributed by atoms with Gasteiger partial charge in [-0.05, 0) is 17.2 Å². The van der Waals surface area contributed by atoms with Gasteiger partial charge in [-0.15, -0.1) is 0 Å². The number of Topliss-reactive ketones (excluding diaryl/α,β-unsaturated/α-hetero) is 1. The number of amides is 1. The standard InChI is InChI=1S/C22H21NO5/c1-27-21(25)14-19(24)13-18-12-11-17-9-5-6-10-20(17)23(18)22(26)28-15-16-7-3-2-4-8-16/h2-12,18H,13-15H2,1H3. The second-order valence-corrected chi connectivity index (χ2v) is 6.39. The lowest BCUT2D eigenvalue weighted by Crippen LogP contribution is -2.42. The second kappa shape index (κ2) is 8.99. The van der Waals surface area contributed by atoms with Gasteiger partial charge in [0.1, 0.15) is 18.8 Å². The van der Waals surface area contributed by atoms with Crippen molar-refractivity contribution in [1.82, 2.24) is 0 Å². The number of rotatable bonds is 6. The smallest absolute Gasteiger partial charge is 0.415 e. The maximum Gasteiger partial charge on any atom is 0.415 e. The minimum atomic E-state index is -0.594. The third-order valence-corrected chi connectivity index (χ3v) is 4.43. The molecule has 0 radical (unpaired) electrons. The summed E-state index contributed by atoms with van der Waals surface area (Å²) >= 11 is 0. The number of fused-ring (bicyclic) bond motifs is 1. The van der Waals surface area contributed by atoms with E-state index in [1.165, 1.54) is 12.0 Å². The first kappa shape index (κ1) is 19.4. The van der Waals surface area contributed by atoms with Crippen LogP contribution < -0.4 is 4.90 Å². The Morgan fingerprint density at radius 2 is 1.71 bits per heavy atom. The van der Waals surface area contributed by atoms with Gasteiger partial charge < -0.3 is 9.47 Å². The normalized spacial score (nSPS) is 14.9. The van der Waals surface area contributed by atoms with Crippen LogP contribution in [0.2, 0.25) is 0 Å². The highest BCUT2D eigenvalue weighted by molar-refractivity contribution is 5.99. The Morgan fingerprint density at radius 3 is 2.46 bits per heavy atom. The summed E-state index contributed by atoms with van der Waals surface area (Å²) in [6.07, 6.45) is 2.78. The fraction of sp³-hybridized carbons (Fsp3) is 0.227. The summed E-state index contributed by atoms with van der Waals surface area (Å²) < 4.78 is 10.0. The molecular formula is C22H21NO5. The fourth-order valence-corrected chi connectivity index (χ4v) is 3.05. The van der Waals surface area contributed by atoms with Crippen molar-refractivity contribution in [3.8, 4) is 0 Å². The van der Waals surface area contributed by atoms with Crippen molar-refractivity contribution in [2.75, 3.05) is 12.0 Å². The van der Waals surface area contributed by atoms with E-state index in [2.05, 4.69) is 4.74 Å². The van der Waals surface area contributed by atoms with Gasteiger partial charge in [0, 0.05) is 6.42 Å². The molecule has 2 aromatic rings. The highest BCUT2D eigenvalue weighted by Gasteiger charge is 2.31. The lowest BCUT2D eigenvalue weighted by molar-refractivity contribution is -0.143. The van der Waals surface area contributed by atoms with E-state index in [0.29, 0.717) is 5.69 Å². The number of anilines is 1. The lowest BCUT2D eigenvalue weighted by Gasteiger charge is -2.32. The van der Waals surface area contributed by atoms with Gasteiger partial charge in [-0.25, -0.2) is 4.79 Å². The predicted octanol–water partition coefficient (Wildman–Crippen LogP) is 3.75. The zero-order valence-electron chi connectivity index (χ0n) is 15.5. The number of para-hydroxylation sites is 1. The molecule has 0 N–H and O–H groups in total. The van der Waals surface area contributed by atoms with E-state index in [-0.39, 0.29) is 25.2 Å². The maximum atomic E-state index is 12.9. The van der Waals surface area contributed by atoms with Crippen LogP contribution in [0.15, 0.2) is 60.7 Å². The number of methoxy groups -OCH3 is 1. The number of nitrogens with zero attached hydrogens (tertiary/aromatic N) is 1. The van der Waals surface area contributed by atoms with Gasteiger partial charge in [-0.1, -0.05) is 60.7 Å². The van der Waals surface area contributed by atoms with Crippen LogP contribution >= 0.6 is 0 Å². The molecule has 1 heterocycles. The molecule has 1 aliphatic heterocycles. The molecule has 0 aromatic heterocycles. The number of benzene rings is 2. The Kier molecular flexibility index (Phi) is 6.22. The second-order valence-electron chi connectivity index (χ2n) is 6.39. The van der Waals surface area contributed by atoms with Gasteiger partial charge in [-0.3, -0.25) is 14.5 Å². The number of carbonyl (C=O) groups is 3. The van der Waals surface area contributed by atoms with E-state index in [0.717, 1.165) is 11.1 Å². The van der Waals surface area contributed by atoms with E-state index in [4.69, 9.17) is 4.74 Å². The monoisotopic (exact) mass is 379 g/mol. The average Bonchev–Trinajstić information content (AvgIpc) is 2.72. The lowest BCUT2D eigenvalue weighted by atomic mass is 9.99. The number of esters is 1. The molecule has 1 aliphatic rings. The van der Waals surface area contributed by atoms with Gasteiger partial charge in [0.15, 0.2) is 0 Å². The maximum absolute atomic E-state index is 12.9. The Morgan fingerprint density at radius 1 is 1.00 bits per heavy atom. The van der Waals surface area contributed by atoms with Crippen LogP contribution in [-0.2, 0) is 25.7 Å². The van der Waals surface area contributed by atoms with Crippen molar-refractivity contribution in [3.63, 3.8) is 0 Å². The van der Waals surface area contributed by atoms with Crippen molar-refractivity contribution in [3.05, 3.63) is 71.8 Å². The molecule has 0 fully saturated rings. The molecule has 28 heavy (non-hydrogen) atoms. The highest BCUT2D eigenvalue weighted by atomic mass is 16.6. The largest absolute Gasteiger partial charge is 0.469 e. The van der Waals surface area contributed by atoms with Crippen LogP contribution in [0, 0.1) is 0 Å². The van der Waals surface area contributed by atoms with E-state index >= 15 is 0 Å². The Hall–Kier alpha value is -3.41. The van der Waals surface area contributed by atoms with E-state index in [1.807, 2.05) is 54.6 Å². The first-order chi connectivity index (χ1) is 13.6. The zero-order chi connectivity index (χ0) is 19.9. The first-order valence-electron chi connectivity index (χ1n) is 8.94. The van der Waals surface area contributed by atoms with Gasteiger partial charge in [-0.2, -0.15) is 0 Å². The van der Waals surface area contributed by atoms with Gasteiger partial charge >= 0.3 is 12.1 Å². The van der Waals surface area contributed by atoms with Crippen LogP contribution in [0.1, 0.15) is 24.0 Å². The molecular weight excluding hydrogens is 358 g/mol. The third kappa shape index (κ3) is 4.65. The number of ketones is 1. The Labute approximate surface area is 163 Å². The van der Waals surface area contributed by atoms with Crippen LogP contribution in [0.25, 0.3) is 6.08 Å². The summed E-state index contributed by atoms with van der Waals surface area (Å²) in [7, 11) is 1.24. The topological polar surface area (TPSA) is 72.9 Å². The molecule has 6 heteroatoms. The number of ether oxygens (including phenoxy) is 2. The van der Waals surface area contributed by atoms with Crippen LogP contribution in [0.3, 0.4) is 0 Å². The van der Waals surface area contributed by atoms with Crippen molar-refractivity contribution in [2.24, 2.45) is 0 Å². The summed E-state index contributed by atoms with van der Waals surface area (Å²) in [6, 6.07) is 16.2. The number of hydrogen-bond acceptors (Lipinski definition) is 5. The van der Waals surface area contributed by atoms with Crippen LogP contribution in [0.4, 0.5) is 10.5 Å². The van der Waals surface area contributed by atoms with E-state index in [1.54, 1.807) is 12.1 Å². The Bertz CT molecular complexity index is 891. The molecule has 1 atom stereocenters. The number of carbonyl (C=O) groups excluding carboxylic acids is 3. The highest BCUT2D eigenvalue weighted by Crippen LogP contribution is 2.31. The minimum absolute atomic E-state index is 0.000368.